The number of benzene rings is 1. The summed E-state index contributed by atoms with van der Waals surface area (Å²) in [6, 6.07) is 9.28. The van der Waals surface area contributed by atoms with E-state index in [-0.39, 0.29) is 47.2 Å². The standard InChI is InChI=1S/C28H27ClFN3O3S/c1-3-4-7-33-16-19(12-26(34)22-6-5-20(29)13-23(22)30)10-25(33)28(36)11-18-9-24(31-15-18)27(35)14-21-8-17(2)32-37-21/h5-6,8-10,13,15-16,31H,3-4,7,11-12,14H2,1-2H3. The molecule has 0 aliphatic carbocycles. The van der Waals surface area contributed by atoms with E-state index in [9.17, 15) is 18.8 Å². The molecule has 0 saturated heterocycles. The van der Waals surface area contributed by atoms with Gasteiger partial charge in [0.15, 0.2) is 17.3 Å². The monoisotopic (exact) mass is 539 g/mol. The van der Waals surface area contributed by atoms with Crippen LogP contribution in [0.1, 0.15) is 72.8 Å². The van der Waals surface area contributed by atoms with E-state index in [0.717, 1.165) is 29.5 Å². The van der Waals surface area contributed by atoms with Crippen LogP contribution in [0, 0.1) is 12.7 Å². The largest absolute Gasteiger partial charge is 0.358 e. The third kappa shape index (κ3) is 6.70. The zero-order valence-corrected chi connectivity index (χ0v) is 22.2. The van der Waals surface area contributed by atoms with Crippen molar-refractivity contribution in [2.75, 3.05) is 0 Å². The molecule has 0 amide bonds. The predicted molar refractivity (Wildman–Crippen MR) is 142 cm³/mol. The Bertz CT molecular complexity index is 1450. The molecule has 37 heavy (non-hydrogen) atoms. The molecule has 3 heterocycles. The number of aromatic nitrogens is 3. The van der Waals surface area contributed by atoms with Crippen molar-refractivity contribution in [2.24, 2.45) is 0 Å². The van der Waals surface area contributed by atoms with Crippen molar-refractivity contribution in [1.29, 1.82) is 0 Å². The van der Waals surface area contributed by atoms with Crippen molar-refractivity contribution in [3.05, 3.63) is 98.3 Å². The Hall–Kier alpha value is -3.36. The topological polar surface area (TPSA) is 84.8 Å². The predicted octanol–water partition coefficient (Wildman–Crippen LogP) is 6.45. The van der Waals surface area contributed by atoms with Gasteiger partial charge in [-0.25, -0.2) is 4.39 Å². The number of unbranched alkanes of at least 4 members (excludes halogenated alkanes) is 1. The summed E-state index contributed by atoms with van der Waals surface area (Å²) in [6.45, 7) is 4.58. The number of hydrogen-bond donors (Lipinski definition) is 1. The molecule has 0 aliphatic heterocycles. The highest BCUT2D eigenvalue weighted by atomic mass is 35.5. The van der Waals surface area contributed by atoms with Crippen LogP contribution in [0.15, 0.2) is 48.8 Å². The third-order valence-electron chi connectivity index (χ3n) is 6.01. The summed E-state index contributed by atoms with van der Waals surface area (Å²) < 4.78 is 20.3. The van der Waals surface area contributed by atoms with Gasteiger partial charge in [-0.2, -0.15) is 4.37 Å². The van der Waals surface area contributed by atoms with E-state index in [2.05, 4.69) is 16.3 Å². The summed E-state index contributed by atoms with van der Waals surface area (Å²) in [5.41, 5.74) is 3.14. The number of rotatable bonds is 12. The maximum atomic E-state index is 14.2. The summed E-state index contributed by atoms with van der Waals surface area (Å²) in [5, 5.41) is 0.223. The summed E-state index contributed by atoms with van der Waals surface area (Å²) >= 11 is 7.11. The molecule has 6 nitrogen and oxygen atoms in total. The highest BCUT2D eigenvalue weighted by molar-refractivity contribution is 7.05. The van der Waals surface area contributed by atoms with Crippen molar-refractivity contribution < 1.29 is 18.8 Å². The Morgan fingerprint density at radius 3 is 2.51 bits per heavy atom. The number of aryl methyl sites for hydroxylation is 2. The molecule has 0 spiro atoms. The van der Waals surface area contributed by atoms with Crippen molar-refractivity contribution in [3.8, 4) is 0 Å². The van der Waals surface area contributed by atoms with Gasteiger partial charge in [-0.05, 0) is 72.4 Å². The molecular formula is C28H27ClFN3O3S. The molecule has 192 valence electrons. The first kappa shape index (κ1) is 26.7. The molecule has 0 aliphatic rings. The molecule has 9 heteroatoms. The van der Waals surface area contributed by atoms with Crippen LogP contribution < -0.4 is 0 Å². The highest BCUT2D eigenvalue weighted by Crippen LogP contribution is 2.20. The van der Waals surface area contributed by atoms with Gasteiger partial charge in [0.2, 0.25) is 0 Å². The van der Waals surface area contributed by atoms with Gasteiger partial charge in [-0.3, -0.25) is 14.4 Å². The van der Waals surface area contributed by atoms with Gasteiger partial charge in [0.1, 0.15) is 5.82 Å². The molecule has 4 rings (SSSR count). The lowest BCUT2D eigenvalue weighted by atomic mass is 10.0. The first-order valence-electron chi connectivity index (χ1n) is 12.1. The summed E-state index contributed by atoms with van der Waals surface area (Å²) in [7, 11) is 0. The van der Waals surface area contributed by atoms with Crippen molar-refractivity contribution >= 4 is 40.5 Å². The quantitative estimate of drug-likeness (QED) is 0.210. The van der Waals surface area contributed by atoms with Crippen LogP contribution in [-0.2, 0) is 25.8 Å². The van der Waals surface area contributed by atoms with Gasteiger partial charge < -0.3 is 9.55 Å². The molecule has 0 atom stereocenters. The van der Waals surface area contributed by atoms with Crippen LogP contribution in [0.25, 0.3) is 0 Å². The number of H-pyrrole nitrogens is 1. The van der Waals surface area contributed by atoms with Gasteiger partial charge in [-0.15, -0.1) is 0 Å². The lowest BCUT2D eigenvalue weighted by molar-refractivity contribution is 0.0975. The fourth-order valence-corrected chi connectivity index (χ4v) is 5.04. The van der Waals surface area contributed by atoms with Crippen LogP contribution in [-0.4, -0.2) is 31.3 Å². The number of carbonyl (C=O) groups is 3. The van der Waals surface area contributed by atoms with Crippen molar-refractivity contribution in [3.63, 3.8) is 0 Å². The van der Waals surface area contributed by atoms with Gasteiger partial charge >= 0.3 is 0 Å². The number of aromatic amines is 1. The molecule has 0 radical (unpaired) electrons. The Morgan fingerprint density at radius 2 is 1.81 bits per heavy atom. The average Bonchev–Trinajstić information content (AvgIpc) is 3.58. The number of hydrogen-bond acceptors (Lipinski definition) is 5. The van der Waals surface area contributed by atoms with E-state index < -0.39 is 5.82 Å². The lowest BCUT2D eigenvalue weighted by Gasteiger charge is -2.07. The SMILES string of the molecule is CCCCn1cc(CC(=O)c2ccc(Cl)cc2F)cc1C(=O)Cc1c[nH]c(C(=O)Cc2cc(C)ns2)c1. The van der Waals surface area contributed by atoms with Crippen LogP contribution in [0.4, 0.5) is 4.39 Å². The van der Waals surface area contributed by atoms with Gasteiger partial charge in [0, 0.05) is 48.1 Å². The molecule has 1 N–H and O–H groups in total. The summed E-state index contributed by atoms with van der Waals surface area (Å²) in [5.74, 6) is -1.24. The van der Waals surface area contributed by atoms with Crippen LogP contribution in [0.2, 0.25) is 5.02 Å². The maximum Gasteiger partial charge on any atom is 0.184 e. The molecule has 1 aromatic carbocycles. The molecule has 3 aromatic heterocycles. The second-order valence-corrected chi connectivity index (χ2v) is 10.4. The number of nitrogens with zero attached hydrogens (tertiary/aromatic N) is 2. The van der Waals surface area contributed by atoms with Crippen molar-refractivity contribution in [1.82, 2.24) is 13.9 Å². The normalized spacial score (nSPS) is 11.1. The fourth-order valence-electron chi connectivity index (χ4n) is 4.14. The van der Waals surface area contributed by atoms with E-state index in [4.69, 9.17) is 11.6 Å². The molecule has 4 aromatic rings. The second-order valence-electron chi connectivity index (χ2n) is 9.06. The molecule has 0 unspecified atom stereocenters. The summed E-state index contributed by atoms with van der Waals surface area (Å²) in [6.07, 6.45) is 5.61. The molecular weight excluding hydrogens is 513 g/mol. The van der Waals surface area contributed by atoms with E-state index in [0.29, 0.717) is 29.1 Å². The lowest BCUT2D eigenvalue weighted by Crippen LogP contribution is -2.10. The smallest absolute Gasteiger partial charge is 0.184 e. The number of ketones is 3. The summed E-state index contributed by atoms with van der Waals surface area (Å²) in [4.78, 5) is 42.5. The van der Waals surface area contributed by atoms with Gasteiger partial charge in [0.25, 0.3) is 0 Å². The highest BCUT2D eigenvalue weighted by Gasteiger charge is 2.19. The van der Waals surface area contributed by atoms with E-state index in [1.807, 2.05) is 17.6 Å². The van der Waals surface area contributed by atoms with E-state index in [1.165, 1.54) is 23.7 Å². The zero-order chi connectivity index (χ0) is 26.5. The van der Waals surface area contributed by atoms with Crippen LogP contribution in [0.5, 0.6) is 0 Å². The maximum absolute atomic E-state index is 14.2. The first-order chi connectivity index (χ1) is 17.7. The Labute approximate surface area is 223 Å². The van der Waals surface area contributed by atoms with E-state index in [1.54, 1.807) is 24.5 Å². The van der Waals surface area contributed by atoms with Gasteiger partial charge in [0.05, 0.1) is 22.6 Å². The molecule has 0 fully saturated rings. The molecule has 0 bridgehead atoms. The minimum Gasteiger partial charge on any atom is -0.358 e. The Balaban J connectivity index is 1.47. The number of nitrogens with one attached hydrogen (secondary N) is 1. The zero-order valence-electron chi connectivity index (χ0n) is 20.6. The first-order valence-corrected chi connectivity index (χ1v) is 13.2. The second kappa shape index (κ2) is 11.8. The van der Waals surface area contributed by atoms with Crippen LogP contribution in [0.3, 0.4) is 0 Å². The number of Topliss-reactive ketones (excluding diaryl/α,β-unsaturated/α-hetero) is 3. The minimum atomic E-state index is -0.664. The third-order valence-corrected chi connectivity index (χ3v) is 7.12. The average molecular weight is 540 g/mol. The van der Waals surface area contributed by atoms with Crippen LogP contribution >= 0.6 is 23.1 Å². The fraction of sp³-hybridized carbons (Fsp3) is 0.286. The number of halogens is 2. The van der Waals surface area contributed by atoms with Gasteiger partial charge in [-0.1, -0.05) is 24.9 Å². The molecule has 0 saturated carbocycles. The Morgan fingerprint density at radius 1 is 1.03 bits per heavy atom. The minimum absolute atomic E-state index is 0.0299. The number of carbonyl (C=O) groups excluding carboxylic acids is 3. The Kier molecular flexibility index (Phi) is 8.51. The van der Waals surface area contributed by atoms with Crippen molar-refractivity contribution in [2.45, 2.75) is 52.5 Å². The van der Waals surface area contributed by atoms with E-state index >= 15 is 0 Å².